The van der Waals surface area contributed by atoms with Gasteiger partial charge in [-0.25, -0.2) is 0 Å². The van der Waals surface area contributed by atoms with Crippen LogP contribution in [0.5, 0.6) is 5.75 Å². The van der Waals surface area contributed by atoms with Crippen LogP contribution in [0, 0.1) is 11.8 Å². The average molecular weight is 437 g/mol. The molecular weight excluding hydrogens is 400 g/mol. The van der Waals surface area contributed by atoms with E-state index in [0.29, 0.717) is 26.3 Å². The summed E-state index contributed by atoms with van der Waals surface area (Å²) in [6.45, 7) is 11.6. The number of hydrogen-bond acceptors (Lipinski definition) is 4. The van der Waals surface area contributed by atoms with Crippen LogP contribution in [0.4, 0.5) is 0 Å². The molecule has 0 bridgehead atoms. The monoisotopic (exact) mass is 436 g/mol. The first-order valence-corrected chi connectivity index (χ1v) is 12.0. The Kier molecular flexibility index (Phi) is 7.82. The molecule has 2 aromatic carbocycles. The van der Waals surface area contributed by atoms with Gasteiger partial charge in [0.25, 0.3) is 5.91 Å². The number of amides is 1. The molecule has 0 spiro atoms. The fourth-order valence-corrected chi connectivity index (χ4v) is 4.95. The van der Waals surface area contributed by atoms with Crippen LogP contribution in [0.25, 0.3) is 11.1 Å². The van der Waals surface area contributed by atoms with E-state index in [1.807, 2.05) is 41.3 Å². The van der Waals surface area contributed by atoms with Gasteiger partial charge in [0.15, 0.2) is 0 Å². The largest absolute Gasteiger partial charge is 0.494 e. The van der Waals surface area contributed by atoms with Crippen molar-refractivity contribution in [3.8, 4) is 16.9 Å². The van der Waals surface area contributed by atoms with Gasteiger partial charge in [-0.15, -0.1) is 0 Å². The van der Waals surface area contributed by atoms with Crippen LogP contribution in [-0.4, -0.2) is 68.3 Å². The maximum absolute atomic E-state index is 12.6. The number of rotatable bonds is 7. The summed E-state index contributed by atoms with van der Waals surface area (Å²) in [5.41, 5.74) is 2.95. The standard InChI is InChI=1S/C27H36N2O3/c1-21-18-22(2)20-28(19-21)12-3-15-32-26-10-8-24(9-11-26)23-4-6-25(7-5-23)27(30)29-13-16-31-17-14-29/h4-11,21-22H,3,12-20H2,1-2H3/t21-,22+. The van der Waals surface area contributed by atoms with Crippen LogP contribution >= 0.6 is 0 Å². The van der Waals surface area contributed by atoms with Gasteiger partial charge < -0.3 is 19.3 Å². The quantitative estimate of drug-likeness (QED) is 0.596. The van der Waals surface area contributed by atoms with Crippen molar-refractivity contribution in [2.45, 2.75) is 26.7 Å². The molecule has 0 aromatic heterocycles. The predicted molar refractivity (Wildman–Crippen MR) is 128 cm³/mol. The Labute approximate surface area is 192 Å². The molecule has 2 fully saturated rings. The van der Waals surface area contributed by atoms with Crippen LogP contribution in [0.2, 0.25) is 0 Å². The molecule has 0 saturated carbocycles. The minimum Gasteiger partial charge on any atom is -0.494 e. The fourth-order valence-electron chi connectivity index (χ4n) is 4.95. The van der Waals surface area contributed by atoms with Gasteiger partial charge in [0.2, 0.25) is 0 Å². The van der Waals surface area contributed by atoms with Gasteiger partial charge in [0.05, 0.1) is 19.8 Å². The highest BCUT2D eigenvalue weighted by Crippen LogP contribution is 2.24. The Morgan fingerprint density at radius 1 is 0.938 bits per heavy atom. The normalized spacial score (nSPS) is 22.0. The molecule has 0 unspecified atom stereocenters. The maximum atomic E-state index is 12.6. The van der Waals surface area contributed by atoms with E-state index in [4.69, 9.17) is 9.47 Å². The van der Waals surface area contributed by atoms with Crippen molar-refractivity contribution < 1.29 is 14.3 Å². The second-order valence-electron chi connectivity index (χ2n) is 9.41. The van der Waals surface area contributed by atoms with E-state index in [2.05, 4.69) is 30.9 Å². The van der Waals surface area contributed by atoms with E-state index in [1.165, 1.54) is 19.5 Å². The molecule has 2 heterocycles. The summed E-state index contributed by atoms with van der Waals surface area (Å²) in [4.78, 5) is 17.0. The van der Waals surface area contributed by atoms with Gasteiger partial charge in [-0.2, -0.15) is 0 Å². The number of carbonyl (C=O) groups excluding carboxylic acids is 1. The lowest BCUT2D eigenvalue weighted by Crippen LogP contribution is -2.40. The minimum absolute atomic E-state index is 0.0806. The number of carbonyl (C=O) groups is 1. The van der Waals surface area contributed by atoms with E-state index in [0.717, 1.165) is 53.8 Å². The van der Waals surface area contributed by atoms with Crippen molar-refractivity contribution in [1.82, 2.24) is 9.80 Å². The summed E-state index contributed by atoms with van der Waals surface area (Å²) in [5.74, 6) is 2.60. The topological polar surface area (TPSA) is 42.0 Å². The molecule has 0 aliphatic carbocycles. The highest BCUT2D eigenvalue weighted by Gasteiger charge is 2.21. The van der Waals surface area contributed by atoms with Crippen LogP contribution in [0.3, 0.4) is 0 Å². The highest BCUT2D eigenvalue weighted by atomic mass is 16.5. The first-order valence-electron chi connectivity index (χ1n) is 12.0. The molecule has 2 saturated heterocycles. The number of morpholine rings is 1. The van der Waals surface area contributed by atoms with Crippen molar-refractivity contribution in [3.05, 3.63) is 54.1 Å². The Morgan fingerprint density at radius 2 is 1.53 bits per heavy atom. The van der Waals surface area contributed by atoms with E-state index in [-0.39, 0.29) is 5.91 Å². The number of benzene rings is 2. The zero-order chi connectivity index (χ0) is 22.3. The molecule has 2 aliphatic rings. The lowest BCUT2D eigenvalue weighted by atomic mass is 9.92. The molecule has 2 aromatic rings. The Bertz CT molecular complexity index is 849. The SMILES string of the molecule is C[C@@H]1C[C@H](C)CN(CCCOc2ccc(-c3ccc(C(=O)N4CCOCC4)cc3)cc2)C1. The third kappa shape index (κ3) is 6.11. The van der Waals surface area contributed by atoms with Crippen LogP contribution in [-0.2, 0) is 4.74 Å². The second kappa shape index (κ2) is 11.0. The van der Waals surface area contributed by atoms with Crippen molar-refractivity contribution in [2.75, 3.05) is 52.5 Å². The lowest BCUT2D eigenvalue weighted by molar-refractivity contribution is 0.0303. The van der Waals surface area contributed by atoms with Crippen molar-refractivity contribution in [2.24, 2.45) is 11.8 Å². The van der Waals surface area contributed by atoms with E-state index in [1.54, 1.807) is 0 Å². The van der Waals surface area contributed by atoms with Crippen LogP contribution in [0.1, 0.15) is 37.0 Å². The Balaban J connectivity index is 1.24. The average Bonchev–Trinajstić information content (AvgIpc) is 2.82. The summed E-state index contributed by atoms with van der Waals surface area (Å²) < 4.78 is 11.3. The van der Waals surface area contributed by atoms with Gasteiger partial charge in [-0.05, 0) is 60.1 Å². The number of nitrogens with zero attached hydrogens (tertiary/aromatic N) is 2. The van der Waals surface area contributed by atoms with Gasteiger partial charge in [0.1, 0.15) is 5.75 Å². The molecule has 2 atom stereocenters. The summed E-state index contributed by atoms with van der Waals surface area (Å²) in [5, 5.41) is 0. The second-order valence-corrected chi connectivity index (χ2v) is 9.41. The van der Waals surface area contributed by atoms with E-state index >= 15 is 0 Å². The maximum Gasteiger partial charge on any atom is 0.254 e. The molecular formula is C27H36N2O3. The van der Waals surface area contributed by atoms with Gasteiger partial charge in [0, 0.05) is 38.3 Å². The number of hydrogen-bond donors (Lipinski definition) is 0. The van der Waals surface area contributed by atoms with Gasteiger partial charge >= 0.3 is 0 Å². The summed E-state index contributed by atoms with van der Waals surface area (Å²) >= 11 is 0. The first kappa shape index (κ1) is 22.8. The van der Waals surface area contributed by atoms with Crippen LogP contribution < -0.4 is 4.74 Å². The molecule has 0 radical (unpaired) electrons. The third-order valence-electron chi connectivity index (χ3n) is 6.45. The minimum atomic E-state index is 0.0806. The zero-order valence-electron chi connectivity index (χ0n) is 19.5. The Hall–Kier alpha value is -2.37. The number of piperidine rings is 1. The Morgan fingerprint density at radius 3 is 2.16 bits per heavy atom. The lowest BCUT2D eigenvalue weighted by Gasteiger charge is -2.34. The number of likely N-dealkylation sites (tertiary alicyclic amines) is 1. The summed E-state index contributed by atoms with van der Waals surface area (Å²) in [6, 6.07) is 16.1. The van der Waals surface area contributed by atoms with Crippen molar-refractivity contribution in [1.29, 1.82) is 0 Å². The van der Waals surface area contributed by atoms with Crippen LogP contribution in [0.15, 0.2) is 48.5 Å². The molecule has 2 aliphatic heterocycles. The summed E-state index contributed by atoms with van der Waals surface area (Å²) in [7, 11) is 0. The fraction of sp³-hybridized carbons (Fsp3) is 0.519. The molecule has 1 amide bonds. The predicted octanol–water partition coefficient (Wildman–Crippen LogP) is 4.57. The van der Waals surface area contributed by atoms with Gasteiger partial charge in [-0.3, -0.25) is 4.79 Å². The molecule has 4 rings (SSSR count). The molecule has 172 valence electrons. The highest BCUT2D eigenvalue weighted by molar-refractivity contribution is 5.94. The van der Waals surface area contributed by atoms with Crippen molar-refractivity contribution >= 4 is 5.91 Å². The summed E-state index contributed by atoms with van der Waals surface area (Å²) in [6.07, 6.45) is 2.41. The van der Waals surface area contributed by atoms with Crippen molar-refractivity contribution in [3.63, 3.8) is 0 Å². The zero-order valence-corrected chi connectivity index (χ0v) is 19.5. The van der Waals surface area contributed by atoms with Gasteiger partial charge in [-0.1, -0.05) is 38.1 Å². The number of ether oxygens (including phenoxy) is 2. The third-order valence-corrected chi connectivity index (χ3v) is 6.45. The molecule has 0 N–H and O–H groups in total. The smallest absolute Gasteiger partial charge is 0.254 e. The molecule has 5 nitrogen and oxygen atoms in total. The van der Waals surface area contributed by atoms with E-state index in [9.17, 15) is 4.79 Å². The molecule has 5 heteroatoms. The molecule has 32 heavy (non-hydrogen) atoms. The van der Waals surface area contributed by atoms with E-state index < -0.39 is 0 Å². The first-order chi connectivity index (χ1) is 15.6.